The van der Waals surface area contributed by atoms with Gasteiger partial charge >= 0.3 is 0 Å². The number of rotatable bonds is 4. The molecule has 8 aromatic carbocycles. The van der Waals surface area contributed by atoms with E-state index in [-0.39, 0.29) is 0 Å². The zero-order valence-electron chi connectivity index (χ0n) is 26.3. The van der Waals surface area contributed by atoms with E-state index in [1.54, 1.807) is 0 Å². The van der Waals surface area contributed by atoms with Gasteiger partial charge in [-0.25, -0.2) is 15.0 Å². The maximum absolute atomic E-state index is 6.80. The van der Waals surface area contributed by atoms with Crippen molar-refractivity contribution < 1.29 is 4.42 Å². The van der Waals surface area contributed by atoms with Crippen LogP contribution in [0.5, 0.6) is 0 Å². The molecule has 0 saturated carbocycles. The van der Waals surface area contributed by atoms with Gasteiger partial charge in [0.15, 0.2) is 17.5 Å². The SMILES string of the molecule is c1ccc(-c2nc(-c3ccccc3)nc(-c3cccc(-c4cccc5oc6c(ccc7c8ccccc8c8ccccc8c76)c45)c3)n2)cc1. The molecule has 0 bridgehead atoms. The number of fused-ring (bicyclic) bond motifs is 10. The highest BCUT2D eigenvalue weighted by Crippen LogP contribution is 2.44. The second-order valence-electron chi connectivity index (χ2n) is 12.4. The smallest absolute Gasteiger partial charge is 0.164 e. The highest BCUT2D eigenvalue weighted by Gasteiger charge is 2.19. The molecule has 0 atom stereocenters. The molecule has 0 aliphatic heterocycles. The third-order valence-corrected chi connectivity index (χ3v) is 9.50. The zero-order valence-corrected chi connectivity index (χ0v) is 26.3. The van der Waals surface area contributed by atoms with E-state index in [4.69, 9.17) is 19.4 Å². The molecule has 4 nitrogen and oxygen atoms in total. The Bertz CT molecular complexity index is 2780. The first-order valence-electron chi connectivity index (χ1n) is 16.5. The summed E-state index contributed by atoms with van der Waals surface area (Å²) < 4.78 is 6.80. The lowest BCUT2D eigenvalue weighted by Gasteiger charge is -2.11. The molecular weight excluding hydrogens is 599 g/mol. The van der Waals surface area contributed by atoms with Gasteiger partial charge in [0, 0.05) is 32.8 Å². The highest BCUT2D eigenvalue weighted by atomic mass is 16.3. The summed E-state index contributed by atoms with van der Waals surface area (Å²) in [5.41, 5.74) is 6.75. The van der Waals surface area contributed by atoms with Gasteiger partial charge in [-0.3, -0.25) is 0 Å². The molecule has 10 aromatic rings. The van der Waals surface area contributed by atoms with Crippen LogP contribution in [0, 0.1) is 0 Å². The van der Waals surface area contributed by atoms with Crippen molar-refractivity contribution in [2.45, 2.75) is 0 Å². The maximum Gasteiger partial charge on any atom is 0.164 e. The molecule has 0 saturated heterocycles. The Balaban J connectivity index is 1.19. The Hall–Kier alpha value is -6.65. The van der Waals surface area contributed by atoms with Crippen LogP contribution in [0.15, 0.2) is 168 Å². The van der Waals surface area contributed by atoms with Gasteiger partial charge in [-0.2, -0.15) is 0 Å². The Morgan fingerprint density at radius 2 is 0.796 bits per heavy atom. The van der Waals surface area contributed by atoms with Crippen molar-refractivity contribution in [3.63, 3.8) is 0 Å². The monoisotopic (exact) mass is 625 g/mol. The molecule has 0 unspecified atom stereocenters. The van der Waals surface area contributed by atoms with Crippen molar-refractivity contribution in [2.24, 2.45) is 0 Å². The number of benzene rings is 8. The standard InChI is InChI=1S/C45H27N3O/c1-3-13-28(14-4-1)43-46-44(29-15-5-2-6-16-29)48-45(47-43)31-18-11-17-30(27-31)32-23-12-24-39-40(32)38-26-25-37-35-21-8-7-19-33(35)34-20-9-10-22-36(34)41(37)42(38)49-39/h1-27H. The largest absolute Gasteiger partial charge is 0.455 e. The molecule has 0 radical (unpaired) electrons. The summed E-state index contributed by atoms with van der Waals surface area (Å²) in [5, 5.41) is 9.45. The van der Waals surface area contributed by atoms with E-state index in [1.165, 1.54) is 26.9 Å². The molecule has 0 spiro atoms. The summed E-state index contributed by atoms with van der Waals surface area (Å²) >= 11 is 0. The Morgan fingerprint density at radius 1 is 0.327 bits per heavy atom. The first-order chi connectivity index (χ1) is 24.3. The molecule has 228 valence electrons. The van der Waals surface area contributed by atoms with Gasteiger partial charge in [0.05, 0.1) is 0 Å². The van der Waals surface area contributed by atoms with Gasteiger partial charge in [-0.1, -0.05) is 146 Å². The van der Waals surface area contributed by atoms with E-state index in [2.05, 4.69) is 103 Å². The number of hydrogen-bond donors (Lipinski definition) is 0. The van der Waals surface area contributed by atoms with Crippen molar-refractivity contribution in [1.82, 2.24) is 15.0 Å². The van der Waals surface area contributed by atoms with Crippen LogP contribution in [-0.2, 0) is 0 Å². The Morgan fingerprint density at radius 3 is 1.45 bits per heavy atom. The lowest BCUT2D eigenvalue weighted by Crippen LogP contribution is -2.00. The molecule has 2 heterocycles. The number of aromatic nitrogens is 3. The molecule has 0 aliphatic rings. The van der Waals surface area contributed by atoms with Crippen LogP contribution in [0.25, 0.3) is 99.5 Å². The lowest BCUT2D eigenvalue weighted by atomic mass is 9.92. The molecule has 49 heavy (non-hydrogen) atoms. The summed E-state index contributed by atoms with van der Waals surface area (Å²) in [4.78, 5) is 14.8. The van der Waals surface area contributed by atoms with E-state index in [0.29, 0.717) is 17.5 Å². The molecule has 0 N–H and O–H groups in total. The molecule has 0 fully saturated rings. The normalized spacial score (nSPS) is 11.7. The number of nitrogens with zero attached hydrogens (tertiary/aromatic N) is 3. The van der Waals surface area contributed by atoms with Crippen molar-refractivity contribution in [3.05, 3.63) is 164 Å². The van der Waals surface area contributed by atoms with Crippen LogP contribution in [0.4, 0.5) is 0 Å². The first kappa shape index (κ1) is 27.5. The van der Waals surface area contributed by atoms with E-state index in [9.17, 15) is 0 Å². The van der Waals surface area contributed by atoms with Crippen LogP contribution in [0.3, 0.4) is 0 Å². The van der Waals surface area contributed by atoms with Crippen molar-refractivity contribution >= 4 is 54.3 Å². The average molecular weight is 626 g/mol. The van der Waals surface area contributed by atoms with Crippen LogP contribution in [0.2, 0.25) is 0 Å². The predicted molar refractivity (Wildman–Crippen MR) is 201 cm³/mol. The van der Waals surface area contributed by atoms with E-state index in [0.717, 1.165) is 55.1 Å². The lowest BCUT2D eigenvalue weighted by molar-refractivity contribution is 0.673. The number of furan rings is 1. The van der Waals surface area contributed by atoms with Crippen molar-refractivity contribution in [2.75, 3.05) is 0 Å². The minimum atomic E-state index is 0.628. The maximum atomic E-state index is 6.80. The second kappa shape index (κ2) is 11.0. The van der Waals surface area contributed by atoms with Gasteiger partial charge in [0.1, 0.15) is 11.2 Å². The van der Waals surface area contributed by atoms with Crippen molar-refractivity contribution in [1.29, 1.82) is 0 Å². The molecule has 0 amide bonds. The second-order valence-corrected chi connectivity index (χ2v) is 12.4. The van der Waals surface area contributed by atoms with Gasteiger partial charge < -0.3 is 4.42 Å². The van der Waals surface area contributed by atoms with E-state index in [1.807, 2.05) is 60.7 Å². The predicted octanol–water partition coefficient (Wildman–Crippen LogP) is 11.9. The molecule has 4 heteroatoms. The van der Waals surface area contributed by atoms with Gasteiger partial charge in [0.2, 0.25) is 0 Å². The van der Waals surface area contributed by atoms with Crippen LogP contribution in [0.1, 0.15) is 0 Å². The third kappa shape index (κ3) is 4.42. The third-order valence-electron chi connectivity index (χ3n) is 9.50. The Labute approximate surface area is 282 Å². The minimum absolute atomic E-state index is 0.628. The van der Waals surface area contributed by atoms with Crippen molar-refractivity contribution in [3.8, 4) is 45.3 Å². The summed E-state index contributed by atoms with van der Waals surface area (Å²) in [6.45, 7) is 0. The summed E-state index contributed by atoms with van der Waals surface area (Å²) in [7, 11) is 0. The highest BCUT2D eigenvalue weighted by molar-refractivity contribution is 6.32. The fraction of sp³-hybridized carbons (Fsp3) is 0. The molecule has 2 aromatic heterocycles. The van der Waals surface area contributed by atoms with Crippen LogP contribution >= 0.6 is 0 Å². The zero-order chi connectivity index (χ0) is 32.3. The fourth-order valence-electron chi connectivity index (χ4n) is 7.27. The minimum Gasteiger partial charge on any atom is -0.455 e. The average Bonchev–Trinajstić information content (AvgIpc) is 3.58. The van der Waals surface area contributed by atoms with Gasteiger partial charge in [0.25, 0.3) is 0 Å². The molecule has 10 rings (SSSR count). The molecular formula is C45H27N3O. The summed E-state index contributed by atoms with van der Waals surface area (Å²) in [6, 6.07) is 56.7. The first-order valence-corrected chi connectivity index (χ1v) is 16.5. The van der Waals surface area contributed by atoms with Gasteiger partial charge in [-0.05, 0) is 56.3 Å². The quantitative estimate of drug-likeness (QED) is 0.183. The van der Waals surface area contributed by atoms with Gasteiger partial charge in [-0.15, -0.1) is 0 Å². The molecule has 0 aliphatic carbocycles. The van der Waals surface area contributed by atoms with E-state index < -0.39 is 0 Å². The van der Waals surface area contributed by atoms with Crippen LogP contribution in [-0.4, -0.2) is 15.0 Å². The topological polar surface area (TPSA) is 51.8 Å². The Kier molecular flexibility index (Phi) is 6.15. The van der Waals surface area contributed by atoms with Crippen LogP contribution < -0.4 is 0 Å². The summed E-state index contributed by atoms with van der Waals surface area (Å²) in [6.07, 6.45) is 0. The fourth-order valence-corrected chi connectivity index (χ4v) is 7.27. The number of hydrogen-bond acceptors (Lipinski definition) is 4. The van der Waals surface area contributed by atoms with E-state index >= 15 is 0 Å². The summed E-state index contributed by atoms with van der Waals surface area (Å²) in [5.74, 6) is 1.91.